The summed E-state index contributed by atoms with van der Waals surface area (Å²) in [6.07, 6.45) is 19.4. The summed E-state index contributed by atoms with van der Waals surface area (Å²) in [5.74, 6) is 3.13. The first-order valence-electron chi connectivity index (χ1n) is 8.84. The molecule has 4 aliphatic rings. The number of allylic oxidation sites excluding steroid dienone is 5. The molecular weight excluding hydrogens is 272 g/mol. The van der Waals surface area contributed by atoms with E-state index in [9.17, 15) is 4.79 Å². The van der Waals surface area contributed by atoms with E-state index in [-0.39, 0.29) is 6.42 Å². The SMILES string of the molecule is C1=CC2CCC1C2.C=CCC1=CC2CCC1C2.CCC(=O)O. The molecule has 0 aromatic carbocycles. The number of aliphatic carboxylic acids is 1. The fourth-order valence-corrected chi connectivity index (χ4v) is 4.06. The minimum Gasteiger partial charge on any atom is -0.481 e. The van der Waals surface area contributed by atoms with Gasteiger partial charge in [0.15, 0.2) is 0 Å². The van der Waals surface area contributed by atoms with Crippen molar-refractivity contribution in [1.82, 2.24) is 0 Å². The maximum Gasteiger partial charge on any atom is 0.303 e. The molecule has 0 heterocycles. The van der Waals surface area contributed by atoms with Gasteiger partial charge in [-0.1, -0.05) is 36.8 Å². The van der Waals surface area contributed by atoms with E-state index in [1.54, 1.807) is 12.5 Å². The van der Waals surface area contributed by atoms with E-state index in [1.165, 1.54) is 38.5 Å². The summed E-state index contributed by atoms with van der Waals surface area (Å²) < 4.78 is 0. The quantitative estimate of drug-likeness (QED) is 0.711. The van der Waals surface area contributed by atoms with E-state index in [1.807, 2.05) is 6.08 Å². The maximum absolute atomic E-state index is 9.37. The monoisotopic (exact) mass is 302 g/mol. The summed E-state index contributed by atoms with van der Waals surface area (Å²) in [4.78, 5) is 9.37. The predicted octanol–water partition coefficient (Wildman–Crippen LogP) is 5.37. The smallest absolute Gasteiger partial charge is 0.303 e. The normalized spacial score (nSPS) is 32.7. The van der Waals surface area contributed by atoms with Crippen LogP contribution in [0.3, 0.4) is 0 Å². The summed E-state index contributed by atoms with van der Waals surface area (Å²) in [7, 11) is 0. The molecular formula is C20H30O2. The Hall–Kier alpha value is -1.31. The molecule has 0 aromatic heterocycles. The fourth-order valence-electron chi connectivity index (χ4n) is 4.06. The lowest BCUT2D eigenvalue weighted by atomic mass is 9.96. The number of carboxylic acid groups (broad SMARTS) is 1. The molecule has 0 saturated heterocycles. The van der Waals surface area contributed by atoms with Gasteiger partial charge in [0, 0.05) is 6.42 Å². The van der Waals surface area contributed by atoms with Crippen LogP contribution in [0.1, 0.15) is 58.3 Å². The maximum atomic E-state index is 9.37. The second kappa shape index (κ2) is 8.36. The van der Waals surface area contributed by atoms with Gasteiger partial charge in [-0.05, 0) is 68.6 Å². The van der Waals surface area contributed by atoms with Crippen molar-refractivity contribution >= 4 is 5.97 Å². The lowest BCUT2D eigenvalue weighted by Gasteiger charge is -2.09. The van der Waals surface area contributed by atoms with E-state index in [0.29, 0.717) is 0 Å². The standard InChI is InChI=1S/C10H14.C7H10.C3H6O2/c1-2-3-9-6-8-4-5-10(9)7-8;1-2-7-4-3-6(1)5-7;1-2-3(4)5/h2,6,8,10H,1,3-5,7H2;1-2,6-7H,3-5H2;2H2,1H3,(H,4,5). The van der Waals surface area contributed by atoms with Gasteiger partial charge in [0.1, 0.15) is 0 Å². The number of hydrogen-bond acceptors (Lipinski definition) is 1. The molecule has 0 aliphatic heterocycles. The molecule has 4 rings (SSSR count). The minimum atomic E-state index is -0.745. The highest BCUT2D eigenvalue weighted by Gasteiger charge is 2.31. The van der Waals surface area contributed by atoms with Crippen molar-refractivity contribution in [2.24, 2.45) is 23.7 Å². The molecule has 4 bridgehead atoms. The Balaban J connectivity index is 0.000000129. The lowest BCUT2D eigenvalue weighted by molar-refractivity contribution is -0.136. The molecule has 4 unspecified atom stereocenters. The molecule has 2 saturated carbocycles. The molecule has 4 atom stereocenters. The van der Waals surface area contributed by atoms with E-state index >= 15 is 0 Å². The third kappa shape index (κ3) is 4.86. The van der Waals surface area contributed by atoms with Crippen LogP contribution in [0.15, 0.2) is 36.5 Å². The predicted molar refractivity (Wildman–Crippen MR) is 91.6 cm³/mol. The van der Waals surface area contributed by atoms with Crippen molar-refractivity contribution in [3.63, 3.8) is 0 Å². The highest BCUT2D eigenvalue weighted by Crippen LogP contribution is 2.44. The largest absolute Gasteiger partial charge is 0.481 e. The first-order chi connectivity index (χ1) is 10.6. The Morgan fingerprint density at radius 2 is 1.77 bits per heavy atom. The number of fused-ring (bicyclic) bond motifs is 4. The Bertz CT molecular complexity index is 435. The average molecular weight is 302 g/mol. The summed E-state index contributed by atoms with van der Waals surface area (Å²) in [5, 5.41) is 7.72. The molecule has 22 heavy (non-hydrogen) atoms. The van der Waals surface area contributed by atoms with Gasteiger partial charge in [-0.2, -0.15) is 0 Å². The van der Waals surface area contributed by atoms with Crippen molar-refractivity contribution < 1.29 is 9.90 Å². The van der Waals surface area contributed by atoms with E-state index < -0.39 is 5.97 Å². The number of carbonyl (C=O) groups is 1. The second-order valence-electron chi connectivity index (χ2n) is 6.97. The summed E-state index contributed by atoms with van der Waals surface area (Å²) >= 11 is 0. The summed E-state index contributed by atoms with van der Waals surface area (Å²) in [5.41, 5.74) is 1.67. The summed E-state index contributed by atoms with van der Waals surface area (Å²) in [6.45, 7) is 5.37. The summed E-state index contributed by atoms with van der Waals surface area (Å²) in [6, 6.07) is 0. The number of carboxylic acids is 1. The van der Waals surface area contributed by atoms with Crippen molar-refractivity contribution in [2.45, 2.75) is 58.3 Å². The van der Waals surface area contributed by atoms with Crippen molar-refractivity contribution in [3.05, 3.63) is 36.5 Å². The average Bonchev–Trinajstić information content (AvgIpc) is 3.30. The molecule has 0 amide bonds. The van der Waals surface area contributed by atoms with Crippen LogP contribution in [0.4, 0.5) is 0 Å². The van der Waals surface area contributed by atoms with Gasteiger partial charge in [-0.25, -0.2) is 0 Å². The van der Waals surface area contributed by atoms with Gasteiger partial charge in [0.25, 0.3) is 0 Å². The minimum absolute atomic E-state index is 0.222. The molecule has 122 valence electrons. The third-order valence-corrected chi connectivity index (χ3v) is 5.30. The van der Waals surface area contributed by atoms with E-state index in [0.717, 1.165) is 30.1 Å². The molecule has 4 aliphatic carbocycles. The van der Waals surface area contributed by atoms with Crippen LogP contribution in [0.2, 0.25) is 0 Å². The molecule has 2 heteroatoms. The zero-order valence-electron chi connectivity index (χ0n) is 13.8. The van der Waals surface area contributed by atoms with Crippen molar-refractivity contribution in [1.29, 1.82) is 0 Å². The fraction of sp³-hybridized carbons (Fsp3) is 0.650. The molecule has 2 nitrogen and oxygen atoms in total. The van der Waals surface area contributed by atoms with Gasteiger partial charge in [-0.3, -0.25) is 4.79 Å². The Kier molecular flexibility index (Phi) is 6.48. The number of hydrogen-bond donors (Lipinski definition) is 1. The molecule has 1 N–H and O–H groups in total. The second-order valence-corrected chi connectivity index (χ2v) is 6.97. The Morgan fingerprint density at radius 3 is 2.05 bits per heavy atom. The van der Waals surface area contributed by atoms with Crippen molar-refractivity contribution in [2.75, 3.05) is 0 Å². The first-order valence-corrected chi connectivity index (χ1v) is 8.84. The van der Waals surface area contributed by atoms with Gasteiger partial charge in [0.2, 0.25) is 0 Å². The van der Waals surface area contributed by atoms with E-state index in [4.69, 9.17) is 5.11 Å². The zero-order chi connectivity index (χ0) is 15.9. The third-order valence-electron chi connectivity index (χ3n) is 5.30. The zero-order valence-corrected chi connectivity index (χ0v) is 13.8. The lowest BCUT2D eigenvalue weighted by Crippen LogP contribution is -1.95. The van der Waals surface area contributed by atoms with Crippen LogP contribution >= 0.6 is 0 Å². The topological polar surface area (TPSA) is 37.3 Å². The molecule has 0 spiro atoms. The van der Waals surface area contributed by atoms with E-state index in [2.05, 4.69) is 24.8 Å². The molecule has 2 fully saturated rings. The van der Waals surface area contributed by atoms with Crippen LogP contribution < -0.4 is 0 Å². The Labute approximate surface area is 135 Å². The van der Waals surface area contributed by atoms with Gasteiger partial charge >= 0.3 is 5.97 Å². The number of rotatable bonds is 3. The molecule has 0 radical (unpaired) electrons. The van der Waals surface area contributed by atoms with Crippen LogP contribution in [0.5, 0.6) is 0 Å². The van der Waals surface area contributed by atoms with Crippen LogP contribution in [-0.2, 0) is 4.79 Å². The molecule has 0 aromatic rings. The van der Waals surface area contributed by atoms with Crippen molar-refractivity contribution in [3.8, 4) is 0 Å². The van der Waals surface area contributed by atoms with Crippen LogP contribution in [0, 0.1) is 23.7 Å². The Morgan fingerprint density at radius 1 is 1.18 bits per heavy atom. The van der Waals surface area contributed by atoms with Gasteiger partial charge in [0.05, 0.1) is 0 Å². The highest BCUT2D eigenvalue weighted by molar-refractivity contribution is 5.66. The first kappa shape index (κ1) is 17.1. The highest BCUT2D eigenvalue weighted by atomic mass is 16.4. The van der Waals surface area contributed by atoms with Gasteiger partial charge < -0.3 is 5.11 Å². The van der Waals surface area contributed by atoms with Crippen LogP contribution in [0.25, 0.3) is 0 Å². The van der Waals surface area contributed by atoms with Gasteiger partial charge in [-0.15, -0.1) is 6.58 Å². The van der Waals surface area contributed by atoms with Crippen LogP contribution in [-0.4, -0.2) is 11.1 Å².